The van der Waals surface area contributed by atoms with Gasteiger partial charge in [0.15, 0.2) is 0 Å². The molecule has 2 aromatic carbocycles. The lowest BCUT2D eigenvalue weighted by Crippen LogP contribution is -2.56. The third-order valence-electron chi connectivity index (χ3n) is 6.54. The van der Waals surface area contributed by atoms with Crippen molar-refractivity contribution in [2.45, 2.75) is 32.2 Å². The number of H-pyrrole nitrogens is 1. The number of hydrogen-bond acceptors (Lipinski definition) is 5. The fourth-order valence-electron chi connectivity index (χ4n) is 4.74. The van der Waals surface area contributed by atoms with Crippen LogP contribution in [0.3, 0.4) is 0 Å². The summed E-state index contributed by atoms with van der Waals surface area (Å²) in [6.45, 7) is 2.83. The van der Waals surface area contributed by atoms with Crippen LogP contribution in [0.2, 0.25) is 10.0 Å². The maximum Gasteiger partial charge on any atom is 0.409 e. The number of rotatable bonds is 6. The average molecular weight is 582 g/mol. The first-order chi connectivity index (χ1) is 17.8. The Bertz CT molecular complexity index is 1550. The van der Waals surface area contributed by atoms with E-state index in [2.05, 4.69) is 15.6 Å². The van der Waals surface area contributed by atoms with Gasteiger partial charge in [-0.05, 0) is 55.2 Å². The lowest BCUT2D eigenvalue weighted by atomic mass is 9.81. The van der Waals surface area contributed by atoms with E-state index in [9.17, 15) is 22.8 Å². The molecule has 38 heavy (non-hydrogen) atoms. The number of aromatic nitrogens is 1. The minimum absolute atomic E-state index is 0.00734. The number of nitrogens with one attached hydrogen (secondary N) is 4. The number of fused-ring (bicyclic) bond motifs is 1. The first-order valence-corrected chi connectivity index (χ1v) is 13.7. The van der Waals surface area contributed by atoms with Gasteiger partial charge in [0, 0.05) is 36.6 Å². The molecule has 202 valence electrons. The van der Waals surface area contributed by atoms with E-state index >= 15 is 0 Å². The highest BCUT2D eigenvalue weighted by Crippen LogP contribution is 2.37. The molecule has 0 aliphatic carbocycles. The van der Waals surface area contributed by atoms with Crippen molar-refractivity contribution in [1.82, 2.24) is 19.3 Å². The van der Waals surface area contributed by atoms with Gasteiger partial charge in [0.1, 0.15) is 5.69 Å². The number of anilines is 1. The molecule has 2 heterocycles. The number of carbonyl (C=O) groups excluding carboxylic acids is 2. The lowest BCUT2D eigenvalue weighted by molar-refractivity contribution is -0.117. The van der Waals surface area contributed by atoms with Crippen LogP contribution in [0.25, 0.3) is 10.9 Å². The van der Waals surface area contributed by atoms with Crippen molar-refractivity contribution in [1.29, 1.82) is 0 Å². The molecule has 0 unspecified atom stereocenters. The van der Waals surface area contributed by atoms with Gasteiger partial charge in [-0.3, -0.25) is 14.9 Å². The number of carboxylic acid groups (broad SMARTS) is 1. The molecule has 1 fully saturated rings. The number of benzene rings is 2. The maximum atomic E-state index is 13.6. The van der Waals surface area contributed by atoms with Gasteiger partial charge in [0.05, 0.1) is 15.6 Å². The Morgan fingerprint density at radius 3 is 2.42 bits per heavy atom. The maximum absolute atomic E-state index is 13.6. The zero-order valence-corrected chi connectivity index (χ0v) is 22.7. The largest absolute Gasteiger partial charge is 0.465 e. The molecule has 0 bridgehead atoms. The van der Waals surface area contributed by atoms with Crippen molar-refractivity contribution in [3.63, 3.8) is 0 Å². The minimum Gasteiger partial charge on any atom is -0.465 e. The molecule has 11 nitrogen and oxygen atoms in total. The Morgan fingerprint density at radius 1 is 1.11 bits per heavy atom. The highest BCUT2D eigenvalue weighted by molar-refractivity contribution is 7.87. The third-order valence-corrected chi connectivity index (χ3v) is 8.93. The van der Waals surface area contributed by atoms with Crippen LogP contribution in [-0.4, -0.2) is 53.8 Å². The Kier molecular flexibility index (Phi) is 7.62. The molecule has 5 N–H and O–H groups in total. The van der Waals surface area contributed by atoms with Gasteiger partial charge in [0.25, 0.3) is 5.91 Å². The van der Waals surface area contributed by atoms with Crippen molar-refractivity contribution in [3.8, 4) is 0 Å². The monoisotopic (exact) mass is 581 g/mol. The average Bonchev–Trinajstić information content (AvgIpc) is 3.18. The van der Waals surface area contributed by atoms with Crippen LogP contribution in [0.1, 0.15) is 41.4 Å². The van der Waals surface area contributed by atoms with Gasteiger partial charge in [0.2, 0.25) is 5.91 Å². The topological polar surface area (TPSA) is 161 Å². The van der Waals surface area contributed by atoms with Crippen LogP contribution < -0.4 is 15.4 Å². The number of aromatic amines is 1. The highest BCUT2D eigenvalue weighted by Gasteiger charge is 2.41. The first kappa shape index (κ1) is 27.7. The fourth-order valence-corrected chi connectivity index (χ4v) is 6.36. The number of nitrogens with zero attached hydrogens (tertiary/aromatic N) is 1. The van der Waals surface area contributed by atoms with E-state index in [0.29, 0.717) is 37.8 Å². The second-order valence-corrected chi connectivity index (χ2v) is 11.5. The van der Waals surface area contributed by atoms with Gasteiger partial charge in [-0.25, -0.2) is 9.52 Å². The molecule has 3 amide bonds. The summed E-state index contributed by atoms with van der Waals surface area (Å²) >= 11 is 12.6. The molecule has 4 rings (SSSR count). The summed E-state index contributed by atoms with van der Waals surface area (Å²) in [5.74, 6) is -1.17. The number of halogens is 2. The molecule has 3 aromatic rings. The molecule has 1 aliphatic heterocycles. The van der Waals surface area contributed by atoms with Gasteiger partial charge in [-0.2, -0.15) is 12.7 Å². The van der Waals surface area contributed by atoms with Crippen LogP contribution in [0, 0.1) is 6.92 Å². The summed E-state index contributed by atoms with van der Waals surface area (Å²) in [5.41, 5.74) is 1.30. The Balaban J connectivity index is 1.71. The lowest BCUT2D eigenvalue weighted by Gasteiger charge is -2.42. The summed E-state index contributed by atoms with van der Waals surface area (Å²) in [6.07, 6.45) is -0.944. The van der Waals surface area contributed by atoms with Crippen LogP contribution in [0.5, 0.6) is 0 Å². The van der Waals surface area contributed by atoms with Crippen molar-refractivity contribution in [3.05, 3.63) is 63.3 Å². The molecular formula is C24H25Cl2N5O6S. The second kappa shape index (κ2) is 10.4. The standard InChI is InChI=1S/C24H25Cl2N5O6S/c1-13-19-18(7-6-17(25)20(19)26)28-21(13)22(33)29-24(15-4-3-5-16(12-15)27-23(34)35)8-10-31(11-9-24)38(36,37)30-14(2)32/h3-7,12,27-28H,8-11H2,1-2H3,(H,29,33)(H,30,32)(H,34,35). The SMILES string of the molecule is CC(=O)NS(=O)(=O)N1CCC(NC(=O)c2[nH]c3ccc(Cl)c(Cl)c3c2C)(c2cccc(NC(=O)O)c2)CC1. The molecule has 0 spiro atoms. The first-order valence-electron chi connectivity index (χ1n) is 11.5. The highest BCUT2D eigenvalue weighted by atomic mass is 35.5. The molecule has 1 saturated heterocycles. The predicted molar refractivity (Wildman–Crippen MR) is 144 cm³/mol. The zero-order valence-electron chi connectivity index (χ0n) is 20.4. The molecule has 1 aromatic heterocycles. The summed E-state index contributed by atoms with van der Waals surface area (Å²) in [4.78, 5) is 39.3. The molecule has 0 saturated carbocycles. The van der Waals surface area contributed by atoms with E-state index in [-0.39, 0.29) is 31.6 Å². The Hall–Kier alpha value is -3.32. The minimum atomic E-state index is -4.05. The summed E-state index contributed by atoms with van der Waals surface area (Å²) in [6, 6.07) is 9.89. The normalized spacial score (nSPS) is 15.7. The molecule has 14 heteroatoms. The molecule has 0 atom stereocenters. The van der Waals surface area contributed by atoms with E-state index < -0.39 is 33.7 Å². The quantitative estimate of drug-likeness (QED) is 0.296. The van der Waals surface area contributed by atoms with Crippen molar-refractivity contribution in [2.24, 2.45) is 0 Å². The predicted octanol–water partition coefficient (Wildman–Crippen LogP) is 3.98. The number of aryl methyl sites for hydroxylation is 1. The van der Waals surface area contributed by atoms with Crippen LogP contribution in [0.15, 0.2) is 36.4 Å². The number of hydrogen-bond donors (Lipinski definition) is 5. The van der Waals surface area contributed by atoms with Crippen LogP contribution >= 0.6 is 23.2 Å². The van der Waals surface area contributed by atoms with Crippen molar-refractivity contribution >= 4 is 67.9 Å². The second-order valence-electron chi connectivity index (χ2n) is 9.02. The van der Waals surface area contributed by atoms with Gasteiger partial charge >= 0.3 is 16.3 Å². The van der Waals surface area contributed by atoms with Gasteiger partial charge in [-0.15, -0.1) is 0 Å². The smallest absolute Gasteiger partial charge is 0.409 e. The van der Waals surface area contributed by atoms with E-state index in [1.54, 1.807) is 43.3 Å². The Labute approximate surface area is 228 Å². The molecular weight excluding hydrogens is 557 g/mol. The summed E-state index contributed by atoms with van der Waals surface area (Å²) in [5, 5.41) is 15.8. The molecule has 1 aliphatic rings. The van der Waals surface area contributed by atoms with E-state index in [0.717, 1.165) is 11.2 Å². The number of piperidine rings is 1. The number of amides is 3. The number of carbonyl (C=O) groups is 3. The van der Waals surface area contributed by atoms with Crippen LogP contribution in [-0.2, 0) is 20.5 Å². The summed E-state index contributed by atoms with van der Waals surface area (Å²) in [7, 11) is -4.05. The van der Waals surface area contributed by atoms with Crippen molar-refractivity contribution in [2.75, 3.05) is 18.4 Å². The van der Waals surface area contributed by atoms with Crippen molar-refractivity contribution < 1.29 is 27.9 Å². The van der Waals surface area contributed by atoms with Gasteiger partial charge < -0.3 is 15.4 Å². The molecule has 0 radical (unpaired) electrons. The zero-order chi connectivity index (χ0) is 27.8. The van der Waals surface area contributed by atoms with E-state index in [4.69, 9.17) is 28.3 Å². The fraction of sp³-hybridized carbons (Fsp3) is 0.292. The van der Waals surface area contributed by atoms with Crippen LogP contribution in [0.4, 0.5) is 10.5 Å². The summed E-state index contributed by atoms with van der Waals surface area (Å²) < 4.78 is 28.2. The van der Waals surface area contributed by atoms with E-state index in [1.807, 2.05) is 4.72 Å². The van der Waals surface area contributed by atoms with E-state index in [1.165, 1.54) is 0 Å². The third kappa shape index (κ3) is 5.44. The Morgan fingerprint density at radius 2 is 1.79 bits per heavy atom. The van der Waals surface area contributed by atoms with Gasteiger partial charge in [-0.1, -0.05) is 35.3 Å².